The van der Waals surface area contributed by atoms with Crippen LogP contribution in [-0.4, -0.2) is 135 Å². The summed E-state index contributed by atoms with van der Waals surface area (Å²) in [5.74, 6) is -0.657. The lowest BCUT2D eigenvalue weighted by atomic mass is 9.80. The van der Waals surface area contributed by atoms with Crippen molar-refractivity contribution in [1.82, 2.24) is 55.2 Å². The average molecular weight is 1750 g/mol. The number of fused-ring (bicyclic) bond motifs is 3. The molecule has 0 aliphatic carbocycles. The fraction of sp³-hybridized carbons (Fsp3) is 0.344. The van der Waals surface area contributed by atoms with Gasteiger partial charge in [0.15, 0.2) is 0 Å². The van der Waals surface area contributed by atoms with Gasteiger partial charge >= 0.3 is 11.9 Å². The van der Waals surface area contributed by atoms with Crippen LogP contribution >= 0.6 is 0 Å². The molecule has 0 spiro atoms. The molecule has 1 atom stereocenters. The Bertz CT molecular complexity index is 6410. The molecule has 4 aromatic heterocycles. The lowest BCUT2D eigenvalue weighted by molar-refractivity contribution is -0.150. The van der Waals surface area contributed by atoms with E-state index in [1.54, 1.807) is 92.1 Å². The zero-order valence-corrected chi connectivity index (χ0v) is 76.6. The van der Waals surface area contributed by atoms with E-state index in [0.717, 1.165) is 38.9 Å². The van der Waals surface area contributed by atoms with Gasteiger partial charge in [0.25, 0.3) is 0 Å². The molecule has 0 radical (unpaired) electrons. The summed E-state index contributed by atoms with van der Waals surface area (Å²) in [6, 6.07) is 47.9. The molecule has 0 amide bonds. The lowest BCUT2D eigenvalue weighted by Gasteiger charge is -2.27. The summed E-state index contributed by atoms with van der Waals surface area (Å²) >= 11 is 0. The zero-order chi connectivity index (χ0) is 92.7. The highest BCUT2D eigenvalue weighted by molar-refractivity contribution is 7.91. The van der Waals surface area contributed by atoms with E-state index in [1.807, 2.05) is 111 Å². The highest BCUT2D eigenvalue weighted by Crippen LogP contribution is 2.45. The van der Waals surface area contributed by atoms with Gasteiger partial charge in [0.2, 0.25) is 19.7 Å². The minimum absolute atomic E-state index is 0.0471. The maximum absolute atomic E-state index is 13.0. The van der Waals surface area contributed by atoms with Gasteiger partial charge in [-0.05, 0) is 178 Å². The van der Waals surface area contributed by atoms with E-state index < -0.39 is 37.7 Å². The van der Waals surface area contributed by atoms with E-state index >= 15 is 0 Å². The molecule has 13 aromatic rings. The second kappa shape index (κ2) is 37.9. The van der Waals surface area contributed by atoms with Gasteiger partial charge < -0.3 is 45.5 Å². The maximum atomic E-state index is 13.0. The van der Waals surface area contributed by atoms with Crippen molar-refractivity contribution in [2.75, 3.05) is 18.9 Å². The molecule has 30 heteroatoms. The summed E-state index contributed by atoms with van der Waals surface area (Å²) in [6.07, 6.45) is 3.32. The van der Waals surface area contributed by atoms with Crippen LogP contribution in [-0.2, 0) is 88.9 Å². The average Bonchev–Trinajstić information content (AvgIpc) is 1.61. The molecule has 0 saturated carbocycles. The highest BCUT2D eigenvalue weighted by Gasteiger charge is 2.31. The number of Topliss-reactive ketones (excluding diaryl/α,β-unsaturated/α-hetero) is 1. The Balaban J connectivity index is 0.000000177. The van der Waals surface area contributed by atoms with Crippen LogP contribution in [0.25, 0.3) is 50.2 Å². The van der Waals surface area contributed by atoms with Crippen molar-refractivity contribution >= 4 is 87.6 Å². The number of ether oxygens (including phenoxy) is 2. The number of hydrogen-bond acceptors (Lipinski definition) is 25. The van der Waals surface area contributed by atoms with Gasteiger partial charge in [-0.2, -0.15) is 10.2 Å². The predicted octanol–water partition coefficient (Wildman–Crippen LogP) is 18.5. The van der Waals surface area contributed by atoms with Crippen molar-refractivity contribution in [2.45, 2.75) is 222 Å². The quantitative estimate of drug-likeness (QED) is 0.0179. The number of aliphatic hydroxyl groups excluding tert-OH is 1. The maximum Gasteiger partial charge on any atom is 0.333 e. The van der Waals surface area contributed by atoms with E-state index in [4.69, 9.17) is 15.2 Å². The van der Waals surface area contributed by atoms with E-state index in [0.29, 0.717) is 80.7 Å². The van der Waals surface area contributed by atoms with Gasteiger partial charge in [-0.1, -0.05) is 204 Å². The number of aliphatic hydroxyl groups is 1. The van der Waals surface area contributed by atoms with Crippen molar-refractivity contribution in [3.63, 3.8) is 0 Å². The van der Waals surface area contributed by atoms with Crippen molar-refractivity contribution in [1.29, 1.82) is 0 Å². The number of benzene rings is 9. The summed E-state index contributed by atoms with van der Waals surface area (Å²) in [4.78, 5) is 39.9. The summed E-state index contributed by atoms with van der Waals surface area (Å²) < 4.78 is 61.9. The van der Waals surface area contributed by atoms with Crippen LogP contribution in [0.1, 0.15) is 196 Å². The molecular formula is C96H112N14O14S2. The number of sulfone groups is 2. The van der Waals surface area contributed by atoms with E-state index in [1.165, 1.54) is 63.8 Å². The number of nitrogens with two attached hydrogens (primary N) is 1. The molecule has 4 heterocycles. The number of phenolic OH excluding ortho intramolecular Hbond substituents is 4. The number of esters is 2. The smallest absolute Gasteiger partial charge is 0.333 e. The normalized spacial score (nSPS) is 12.5. The number of carbonyl (C=O) groups is 3. The molecule has 7 N–H and O–H groups in total. The SMILES string of the molecule is C=C(C)C(=O)OCC(O)COC(=O)CCc1cc(-n2nc3ccccc3n2)c(O)c(C(C)(C)C)c1.CC(=O)CCc1cc(-n2nc3ccc(S(=O)(=O)c4ccccc4)cc3n2)c(O)c(C(C)(C)C)c1.CC(C)(C)c1cc(-n2nc3cnncc3n2)c(O)c(C(C)(C)C)c1.CC(C)(C)c1cc(N=Nc2cc(S(=O)(=O)c3ccccc3)ccc2N)c(O)c(C(C)(C)C)c1. The van der Waals surface area contributed by atoms with Gasteiger partial charge in [0.05, 0.1) is 37.7 Å². The number of carbonyl (C=O) groups excluding carboxylic acids is 3. The summed E-state index contributed by atoms with van der Waals surface area (Å²) in [7, 11) is -7.43. The molecule has 28 nitrogen and oxygen atoms in total. The number of anilines is 1. The van der Waals surface area contributed by atoms with Crippen molar-refractivity contribution in [3.8, 4) is 40.1 Å². The minimum Gasteiger partial charge on any atom is -0.505 e. The Labute approximate surface area is 735 Å². The fourth-order valence-corrected chi connectivity index (χ4v) is 15.6. The molecule has 126 heavy (non-hydrogen) atoms. The first-order valence-corrected chi connectivity index (χ1v) is 44.0. The summed E-state index contributed by atoms with van der Waals surface area (Å²) in [6.45, 7) is 42.9. The van der Waals surface area contributed by atoms with E-state index in [2.05, 4.69) is 126 Å². The topological polar surface area (TPSA) is 408 Å². The predicted molar refractivity (Wildman–Crippen MR) is 486 cm³/mol. The molecule has 9 aromatic carbocycles. The number of aromatic nitrogens is 11. The van der Waals surface area contributed by atoms with Crippen LogP contribution in [0.2, 0.25) is 0 Å². The minimum atomic E-state index is -3.73. The molecule has 662 valence electrons. The van der Waals surface area contributed by atoms with Gasteiger partial charge in [-0.15, -0.1) is 55.2 Å². The number of aromatic hydroxyl groups is 4. The van der Waals surface area contributed by atoms with E-state index in [9.17, 15) is 56.8 Å². The van der Waals surface area contributed by atoms with Crippen LogP contribution in [0.4, 0.5) is 17.1 Å². The number of rotatable bonds is 20. The zero-order valence-electron chi connectivity index (χ0n) is 75.0. The monoisotopic (exact) mass is 1750 g/mol. The molecule has 0 fully saturated rings. The van der Waals surface area contributed by atoms with Gasteiger partial charge in [-0.25, -0.2) is 21.6 Å². The van der Waals surface area contributed by atoms with Crippen molar-refractivity contribution in [3.05, 3.63) is 239 Å². The van der Waals surface area contributed by atoms with Crippen LogP contribution in [0.3, 0.4) is 0 Å². The Morgan fingerprint density at radius 2 is 0.786 bits per heavy atom. The second-order valence-corrected chi connectivity index (χ2v) is 41.0. The Hall–Kier alpha value is -12.9. The summed E-state index contributed by atoms with van der Waals surface area (Å²) in [5, 5.41) is 96.7. The largest absolute Gasteiger partial charge is 0.505 e. The number of azo groups is 1. The van der Waals surface area contributed by atoms with Crippen molar-refractivity contribution in [2.24, 2.45) is 10.2 Å². The molecular weight excluding hydrogens is 1640 g/mol. The molecule has 0 bridgehead atoms. The van der Waals surface area contributed by atoms with Gasteiger partial charge in [0, 0.05) is 40.7 Å². The molecule has 13 rings (SSSR count). The van der Waals surface area contributed by atoms with Crippen LogP contribution < -0.4 is 5.73 Å². The first-order valence-electron chi connectivity index (χ1n) is 41.0. The Kier molecular flexibility index (Phi) is 28.6. The fourth-order valence-electron chi connectivity index (χ4n) is 13.0. The summed E-state index contributed by atoms with van der Waals surface area (Å²) in [5.41, 5.74) is 17.5. The third-order valence-corrected chi connectivity index (χ3v) is 23.9. The van der Waals surface area contributed by atoms with Crippen LogP contribution in [0.15, 0.2) is 224 Å². The standard InChI is InChI=1S/C26H31N3O6.C26H27N3O4S.C26H31N3O3S.C18H23N5O/c1-16(2)25(33)35-15-18(30)14-34-23(31)11-10-17-12-19(26(3,4)5)24(32)22(13-17)29-27-20-8-6-7-9-21(20)28-29;1-17(30)10-11-18-14-21(26(2,3)4)25(31)24(15-18)29-27-22-13-12-20(16-23(22)28-29)34(32,33)19-8-6-5-7-9-19;1-25(2,3)17-14-20(26(4,5)6)24(30)23(15-17)29-28-22-16-19(12-13-21(22)27)33(31,32)18-10-8-7-9-11-18;1-17(2,3)11-7-12(18(4,5)6)16(24)15(8-11)23-21-13-9-19-20-10-14(13)22-23/h6-9,12-13,18,30,32H,1,10-11,14-15H2,2-5H3;5-9,12-16,31H,10-11H2,1-4H3;7-16,30H,27H2,1-6H3;7-10,24H,1-6H3. The highest BCUT2D eigenvalue weighted by atomic mass is 32.2. The molecule has 0 saturated heterocycles. The molecule has 0 aliphatic rings. The number of aryl methyl sites for hydroxylation is 2. The Morgan fingerprint density at radius 3 is 1.23 bits per heavy atom. The van der Waals surface area contributed by atoms with E-state index in [-0.39, 0.29) is 117 Å². The number of ketones is 1. The Morgan fingerprint density at radius 1 is 0.413 bits per heavy atom. The third-order valence-electron chi connectivity index (χ3n) is 20.4. The van der Waals surface area contributed by atoms with Crippen LogP contribution in [0.5, 0.6) is 23.0 Å². The molecule has 1 unspecified atom stereocenters. The lowest BCUT2D eigenvalue weighted by Crippen LogP contribution is -2.25. The number of nitrogen functional groups attached to an aromatic ring is 1. The van der Waals surface area contributed by atoms with Crippen LogP contribution in [0, 0.1) is 0 Å². The van der Waals surface area contributed by atoms with Gasteiger partial charge in [-0.3, -0.25) is 4.79 Å². The number of nitrogens with zero attached hydrogens (tertiary/aromatic N) is 13. The number of hydrogen-bond donors (Lipinski definition) is 6. The second-order valence-electron chi connectivity index (χ2n) is 37.1. The van der Waals surface area contributed by atoms with Gasteiger partial charge in [0.1, 0.15) is 110 Å². The third kappa shape index (κ3) is 23.3. The first kappa shape index (κ1) is 95.3. The molecule has 0 aliphatic heterocycles. The van der Waals surface area contributed by atoms with Crippen molar-refractivity contribution < 1.29 is 66.2 Å². The first-order chi connectivity index (χ1) is 58.7. The number of phenols is 4.